The number of hydrogen-bond donors (Lipinski definition) is 1. The van der Waals surface area contributed by atoms with Gasteiger partial charge in [0.15, 0.2) is 17.7 Å². The maximum Gasteiger partial charge on any atom is 0.338 e. The maximum absolute atomic E-state index is 13.2. The van der Waals surface area contributed by atoms with E-state index in [1.807, 2.05) is 0 Å². The summed E-state index contributed by atoms with van der Waals surface area (Å²) in [5.74, 6) is -3.46. The van der Waals surface area contributed by atoms with E-state index in [1.54, 1.807) is 47.4 Å². The minimum absolute atomic E-state index is 0.0605. The first-order valence-electron chi connectivity index (χ1n) is 8.01. The molecule has 0 saturated heterocycles. The molecule has 0 fully saturated rings. The number of anilines is 1. The van der Waals surface area contributed by atoms with Crippen LogP contribution in [0.2, 0.25) is 0 Å². The SMILES string of the molecule is C[C@H](OC(=O)c1ccc(-n2cccn2)cc1)C(=O)Nc1ccc(F)c(F)c1. The predicted octanol–water partition coefficient (Wildman–Crippen LogP) is 3.33. The first-order valence-corrected chi connectivity index (χ1v) is 8.01. The van der Waals surface area contributed by atoms with Crippen molar-refractivity contribution in [3.8, 4) is 5.69 Å². The summed E-state index contributed by atoms with van der Waals surface area (Å²) < 4.78 is 32.8. The predicted molar refractivity (Wildman–Crippen MR) is 93.4 cm³/mol. The summed E-state index contributed by atoms with van der Waals surface area (Å²) in [5, 5.41) is 6.44. The minimum Gasteiger partial charge on any atom is -0.449 e. The van der Waals surface area contributed by atoms with Crippen LogP contribution in [-0.2, 0) is 9.53 Å². The molecule has 0 radical (unpaired) electrons. The number of halogens is 2. The number of aromatic nitrogens is 2. The number of esters is 1. The monoisotopic (exact) mass is 371 g/mol. The zero-order valence-corrected chi connectivity index (χ0v) is 14.2. The molecular formula is C19H15F2N3O3. The van der Waals surface area contributed by atoms with Crippen LogP contribution >= 0.6 is 0 Å². The highest BCUT2D eigenvalue weighted by molar-refractivity contribution is 5.97. The summed E-state index contributed by atoms with van der Waals surface area (Å²) in [4.78, 5) is 24.2. The van der Waals surface area contributed by atoms with Crippen LogP contribution in [-0.4, -0.2) is 27.8 Å². The van der Waals surface area contributed by atoms with Crippen LogP contribution < -0.4 is 5.32 Å². The largest absolute Gasteiger partial charge is 0.449 e. The Balaban J connectivity index is 1.61. The quantitative estimate of drug-likeness (QED) is 0.698. The molecule has 1 N–H and O–H groups in total. The Morgan fingerprint density at radius 2 is 1.85 bits per heavy atom. The second-order valence-corrected chi connectivity index (χ2v) is 5.66. The van der Waals surface area contributed by atoms with Gasteiger partial charge in [-0.05, 0) is 49.4 Å². The zero-order chi connectivity index (χ0) is 19.4. The second-order valence-electron chi connectivity index (χ2n) is 5.66. The van der Waals surface area contributed by atoms with Gasteiger partial charge in [-0.3, -0.25) is 4.79 Å². The van der Waals surface area contributed by atoms with E-state index in [1.165, 1.54) is 13.0 Å². The van der Waals surface area contributed by atoms with Gasteiger partial charge in [-0.1, -0.05) is 0 Å². The lowest BCUT2D eigenvalue weighted by Gasteiger charge is -2.14. The molecule has 1 heterocycles. The molecule has 8 heteroatoms. The molecule has 27 heavy (non-hydrogen) atoms. The van der Waals surface area contributed by atoms with Crippen molar-refractivity contribution in [2.24, 2.45) is 0 Å². The third kappa shape index (κ3) is 4.35. The Kier molecular flexibility index (Phi) is 5.25. The fourth-order valence-electron chi connectivity index (χ4n) is 2.27. The van der Waals surface area contributed by atoms with Gasteiger partial charge in [0.05, 0.1) is 11.3 Å². The fourth-order valence-corrected chi connectivity index (χ4v) is 2.27. The molecule has 138 valence electrons. The highest BCUT2D eigenvalue weighted by Gasteiger charge is 2.19. The molecule has 0 unspecified atom stereocenters. The number of nitrogens with one attached hydrogen (secondary N) is 1. The van der Waals surface area contributed by atoms with Gasteiger partial charge in [-0.25, -0.2) is 18.3 Å². The molecule has 3 rings (SSSR count). The maximum atomic E-state index is 13.2. The van der Waals surface area contributed by atoms with E-state index in [-0.39, 0.29) is 11.3 Å². The van der Waals surface area contributed by atoms with Crippen LogP contribution in [0.1, 0.15) is 17.3 Å². The Morgan fingerprint density at radius 1 is 1.11 bits per heavy atom. The van der Waals surface area contributed by atoms with Gasteiger partial charge in [-0.15, -0.1) is 0 Å². The Labute approximate surface area is 153 Å². The van der Waals surface area contributed by atoms with Crippen molar-refractivity contribution in [1.82, 2.24) is 9.78 Å². The molecule has 3 aromatic rings. The van der Waals surface area contributed by atoms with Crippen LogP contribution in [0.15, 0.2) is 60.9 Å². The third-order valence-corrected chi connectivity index (χ3v) is 3.71. The molecule has 6 nitrogen and oxygen atoms in total. The van der Waals surface area contributed by atoms with Crippen molar-refractivity contribution in [2.75, 3.05) is 5.32 Å². The van der Waals surface area contributed by atoms with Crippen LogP contribution in [0.3, 0.4) is 0 Å². The highest BCUT2D eigenvalue weighted by atomic mass is 19.2. The van der Waals surface area contributed by atoms with Gasteiger partial charge in [0.25, 0.3) is 5.91 Å². The molecule has 0 aliphatic carbocycles. The Hall–Kier alpha value is -3.55. The Morgan fingerprint density at radius 3 is 2.48 bits per heavy atom. The smallest absolute Gasteiger partial charge is 0.338 e. The third-order valence-electron chi connectivity index (χ3n) is 3.71. The average Bonchev–Trinajstić information content (AvgIpc) is 3.19. The fraction of sp³-hybridized carbons (Fsp3) is 0.105. The van der Waals surface area contributed by atoms with Gasteiger partial charge in [0, 0.05) is 24.1 Å². The van der Waals surface area contributed by atoms with Crippen molar-refractivity contribution in [3.05, 3.63) is 78.1 Å². The molecule has 0 bridgehead atoms. The van der Waals surface area contributed by atoms with E-state index >= 15 is 0 Å². The van der Waals surface area contributed by atoms with Crippen molar-refractivity contribution < 1.29 is 23.1 Å². The lowest BCUT2D eigenvalue weighted by Crippen LogP contribution is -2.30. The average molecular weight is 371 g/mol. The van der Waals surface area contributed by atoms with E-state index in [0.717, 1.165) is 17.8 Å². The second kappa shape index (κ2) is 7.77. The normalized spacial score (nSPS) is 11.7. The van der Waals surface area contributed by atoms with Crippen molar-refractivity contribution in [2.45, 2.75) is 13.0 Å². The summed E-state index contributed by atoms with van der Waals surface area (Å²) in [6.07, 6.45) is 2.27. The van der Waals surface area contributed by atoms with Gasteiger partial charge >= 0.3 is 5.97 Å². The van der Waals surface area contributed by atoms with E-state index in [0.29, 0.717) is 0 Å². The highest BCUT2D eigenvalue weighted by Crippen LogP contribution is 2.15. The number of hydrogen-bond acceptors (Lipinski definition) is 4. The lowest BCUT2D eigenvalue weighted by molar-refractivity contribution is -0.123. The van der Waals surface area contributed by atoms with Gasteiger partial charge in [0.1, 0.15) is 0 Å². The minimum atomic E-state index is -1.13. The Bertz CT molecular complexity index is 957. The number of nitrogens with zero attached hydrogens (tertiary/aromatic N) is 2. The number of carbonyl (C=O) groups excluding carboxylic acids is 2. The summed E-state index contributed by atoms with van der Waals surface area (Å²) >= 11 is 0. The number of rotatable bonds is 5. The first kappa shape index (κ1) is 18.2. The number of carbonyl (C=O) groups is 2. The van der Waals surface area contributed by atoms with Crippen LogP contribution in [0.25, 0.3) is 5.69 Å². The number of amides is 1. The summed E-state index contributed by atoms with van der Waals surface area (Å²) in [7, 11) is 0. The van der Waals surface area contributed by atoms with E-state index < -0.39 is 29.6 Å². The molecule has 1 atom stereocenters. The molecular weight excluding hydrogens is 356 g/mol. The molecule has 0 saturated carbocycles. The molecule has 0 spiro atoms. The van der Waals surface area contributed by atoms with Gasteiger partial charge in [-0.2, -0.15) is 5.10 Å². The standard InChI is InChI=1S/C19H15F2N3O3/c1-12(18(25)23-14-5-8-16(20)17(21)11-14)27-19(26)13-3-6-15(7-4-13)24-10-2-9-22-24/h2-12H,1H3,(H,23,25)/t12-/m0/s1. The van der Waals surface area contributed by atoms with Gasteiger partial charge in [0.2, 0.25) is 0 Å². The van der Waals surface area contributed by atoms with Gasteiger partial charge < -0.3 is 10.1 Å². The van der Waals surface area contributed by atoms with Crippen molar-refractivity contribution >= 4 is 17.6 Å². The molecule has 1 amide bonds. The molecule has 2 aromatic carbocycles. The van der Waals surface area contributed by atoms with E-state index in [4.69, 9.17) is 4.74 Å². The topological polar surface area (TPSA) is 73.2 Å². The van der Waals surface area contributed by atoms with Crippen molar-refractivity contribution in [1.29, 1.82) is 0 Å². The first-order chi connectivity index (χ1) is 12.9. The van der Waals surface area contributed by atoms with Crippen LogP contribution in [0.4, 0.5) is 14.5 Å². The van der Waals surface area contributed by atoms with Crippen molar-refractivity contribution in [3.63, 3.8) is 0 Å². The summed E-state index contributed by atoms with van der Waals surface area (Å²) in [6, 6.07) is 11.2. The lowest BCUT2D eigenvalue weighted by atomic mass is 10.2. The number of ether oxygens (including phenoxy) is 1. The van der Waals surface area contributed by atoms with Crippen LogP contribution in [0, 0.1) is 11.6 Å². The number of benzene rings is 2. The van der Waals surface area contributed by atoms with Crippen LogP contribution in [0.5, 0.6) is 0 Å². The van der Waals surface area contributed by atoms with E-state index in [2.05, 4.69) is 10.4 Å². The summed E-state index contributed by atoms with van der Waals surface area (Å²) in [5.41, 5.74) is 1.09. The molecule has 1 aromatic heterocycles. The van der Waals surface area contributed by atoms with E-state index in [9.17, 15) is 18.4 Å². The molecule has 0 aliphatic rings. The zero-order valence-electron chi connectivity index (χ0n) is 14.2. The molecule has 0 aliphatic heterocycles. The summed E-state index contributed by atoms with van der Waals surface area (Å²) in [6.45, 7) is 1.38.